The molecule has 0 saturated heterocycles. The third-order valence-electron chi connectivity index (χ3n) is 8.95. The van der Waals surface area contributed by atoms with Crippen molar-refractivity contribution in [2.24, 2.45) is 0 Å². The number of aryl methyl sites for hydroxylation is 4. The first-order valence-electron chi connectivity index (χ1n) is 16.1. The minimum absolute atomic E-state index is 0.0953. The lowest BCUT2D eigenvalue weighted by Gasteiger charge is -2.16. The maximum atomic E-state index is 12.5. The van der Waals surface area contributed by atoms with Crippen molar-refractivity contribution in [2.75, 3.05) is 0 Å². The first-order valence-corrected chi connectivity index (χ1v) is 17.5. The fourth-order valence-corrected chi connectivity index (χ4v) is 7.22. The molecule has 0 aliphatic heterocycles. The second-order valence-corrected chi connectivity index (χ2v) is 13.0. The Morgan fingerprint density at radius 1 is 0.600 bits per heavy atom. The molecule has 1 N–H and O–H groups in total. The first-order chi connectivity index (χ1) is 21.8. The zero-order chi connectivity index (χ0) is 32.0. The van der Waals surface area contributed by atoms with Crippen LogP contribution in [0.5, 0.6) is 0 Å². The fourth-order valence-electron chi connectivity index (χ4n) is 6.52. The molecule has 0 saturated carbocycles. The Balaban J connectivity index is 1.55. The smallest absolute Gasteiger partial charge is 0.274 e. The summed E-state index contributed by atoms with van der Waals surface area (Å²) in [5.74, 6) is 0. The number of allylic oxidation sites excluding steroid dienone is 3. The lowest BCUT2D eigenvalue weighted by Crippen LogP contribution is -2.14. The summed E-state index contributed by atoms with van der Waals surface area (Å²) in [6.45, 7) is 8.80. The van der Waals surface area contributed by atoms with Gasteiger partial charge in [0.15, 0.2) is 5.25 Å². The van der Waals surface area contributed by atoms with Crippen molar-refractivity contribution >= 4 is 15.7 Å². The van der Waals surface area contributed by atoms with Crippen LogP contribution in [0.25, 0.3) is 5.57 Å². The summed E-state index contributed by atoms with van der Waals surface area (Å²) in [5.41, 5.74) is 13.7. The minimum atomic E-state index is -4.44. The summed E-state index contributed by atoms with van der Waals surface area (Å²) in [4.78, 5) is 0. The van der Waals surface area contributed by atoms with Crippen LogP contribution in [0.15, 0.2) is 115 Å². The van der Waals surface area contributed by atoms with Crippen LogP contribution in [0.3, 0.4) is 0 Å². The Morgan fingerprint density at radius 3 is 1.36 bits per heavy atom. The molecule has 0 atom stereocenters. The van der Waals surface area contributed by atoms with Crippen molar-refractivity contribution in [3.63, 3.8) is 0 Å². The highest BCUT2D eigenvalue weighted by Crippen LogP contribution is 2.37. The highest BCUT2D eigenvalue weighted by atomic mass is 32.2. The molecule has 230 valence electrons. The Morgan fingerprint density at radius 2 is 1.00 bits per heavy atom. The number of rotatable bonds is 11. The second kappa shape index (κ2) is 14.3. The molecule has 1 aliphatic rings. The van der Waals surface area contributed by atoms with E-state index in [1.54, 1.807) is 12.2 Å². The Bertz CT molecular complexity index is 1690. The highest BCUT2D eigenvalue weighted by molar-refractivity contribution is 7.89. The van der Waals surface area contributed by atoms with Gasteiger partial charge in [-0.15, -0.1) is 0 Å². The van der Waals surface area contributed by atoms with Gasteiger partial charge in [-0.3, -0.25) is 4.55 Å². The summed E-state index contributed by atoms with van der Waals surface area (Å²) >= 11 is 0. The fraction of sp³-hybridized carbons (Fsp3) is 0.244. The van der Waals surface area contributed by atoms with Crippen LogP contribution in [-0.4, -0.2) is 13.0 Å². The molecule has 0 heterocycles. The van der Waals surface area contributed by atoms with Gasteiger partial charge in [0.05, 0.1) is 5.57 Å². The number of hydrogen-bond donors (Lipinski definition) is 1. The van der Waals surface area contributed by atoms with Crippen LogP contribution in [0.2, 0.25) is 0 Å². The van der Waals surface area contributed by atoms with E-state index in [0.29, 0.717) is 5.57 Å². The van der Waals surface area contributed by atoms with E-state index < -0.39 is 10.1 Å². The van der Waals surface area contributed by atoms with Crippen molar-refractivity contribution in [3.8, 4) is 0 Å². The van der Waals surface area contributed by atoms with E-state index in [0.717, 1.165) is 55.2 Å². The molecule has 3 nitrogen and oxygen atoms in total. The summed E-state index contributed by atoms with van der Waals surface area (Å²) in [7, 11) is -4.44. The summed E-state index contributed by atoms with van der Waals surface area (Å²) < 4.78 is 35.2. The van der Waals surface area contributed by atoms with E-state index in [4.69, 9.17) is 0 Å². The molecule has 0 radical (unpaired) electrons. The van der Waals surface area contributed by atoms with E-state index >= 15 is 0 Å². The largest absolute Gasteiger partial charge is 0.331 e. The summed E-state index contributed by atoms with van der Waals surface area (Å²) in [5, 5.41) is -0.0953. The van der Waals surface area contributed by atoms with Crippen LogP contribution in [0.4, 0.5) is 0 Å². The van der Waals surface area contributed by atoms with Gasteiger partial charge in [-0.25, -0.2) is 0 Å². The molecule has 0 aromatic heterocycles. The van der Waals surface area contributed by atoms with Crippen molar-refractivity contribution in [3.05, 3.63) is 176 Å². The zero-order valence-electron chi connectivity index (χ0n) is 26.8. The van der Waals surface area contributed by atoms with E-state index in [1.165, 1.54) is 50.6 Å². The van der Waals surface area contributed by atoms with Crippen LogP contribution in [-0.2, 0) is 48.6 Å². The predicted octanol–water partition coefficient (Wildman–Crippen LogP) is 9.47. The lowest BCUT2D eigenvalue weighted by molar-refractivity contribution is 0.487. The van der Waals surface area contributed by atoms with Crippen molar-refractivity contribution in [1.29, 1.82) is 0 Å². The average Bonchev–Trinajstić information content (AvgIpc) is 3.06. The molecule has 0 bridgehead atoms. The number of hydrogen-bond acceptors (Lipinski definition) is 2. The Hall–Kier alpha value is -4.12. The Kier molecular flexibility index (Phi) is 10.3. The predicted molar refractivity (Wildman–Crippen MR) is 188 cm³/mol. The molecule has 4 heteroatoms. The zero-order valence-corrected chi connectivity index (χ0v) is 27.6. The molecule has 0 unspecified atom stereocenters. The van der Waals surface area contributed by atoms with E-state index in [-0.39, 0.29) is 5.25 Å². The summed E-state index contributed by atoms with van der Waals surface area (Å²) in [6.07, 6.45) is 12.4. The standard InChI is InChI=1S/C41H42O3S/c1-5-31-13-11-14-32(6-2)38(31)27-29-19-23-35(24-20-29)41(37-17-9-10-18-40(37)45(42,43)44)36-25-21-30(22-26-36)28-39-33(7-3)15-12-16-34(39)8-4/h9-26H,5-8,27-28H2,1-4H3/p+1. The van der Waals surface area contributed by atoms with Crippen molar-refractivity contribution in [2.45, 2.75) is 66.2 Å². The van der Waals surface area contributed by atoms with Crippen molar-refractivity contribution in [1.82, 2.24) is 0 Å². The highest BCUT2D eigenvalue weighted by Gasteiger charge is 2.35. The summed E-state index contributed by atoms with van der Waals surface area (Å²) in [6, 6.07) is 30.0. The quantitative estimate of drug-likeness (QED) is 0.135. The monoisotopic (exact) mass is 615 g/mol. The van der Waals surface area contributed by atoms with Crippen LogP contribution in [0.1, 0.15) is 83.3 Å². The third kappa shape index (κ3) is 7.24. The third-order valence-corrected chi connectivity index (χ3v) is 9.86. The van der Waals surface area contributed by atoms with E-state index in [9.17, 15) is 13.0 Å². The van der Waals surface area contributed by atoms with Gasteiger partial charge in [0.1, 0.15) is 5.57 Å². The van der Waals surface area contributed by atoms with Crippen LogP contribution < -0.4 is 0 Å². The van der Waals surface area contributed by atoms with Gasteiger partial charge >= 0.3 is 10.1 Å². The maximum absolute atomic E-state index is 12.5. The van der Waals surface area contributed by atoms with Gasteiger partial charge in [0, 0.05) is 35.4 Å². The SMILES string of the molecule is CCc1cccc(CC)c1Cc1ccc(C(=C2C=CC=C[C+]2S(=O)(=O)O)c2ccc(Cc3c(CC)cccc3CC)cc2)cc1. The Labute approximate surface area is 269 Å². The van der Waals surface area contributed by atoms with Gasteiger partial charge in [0.25, 0.3) is 0 Å². The number of benzene rings is 4. The van der Waals surface area contributed by atoms with Gasteiger partial charge in [0.2, 0.25) is 0 Å². The molecule has 45 heavy (non-hydrogen) atoms. The molecule has 1 aliphatic carbocycles. The second-order valence-electron chi connectivity index (χ2n) is 11.6. The van der Waals surface area contributed by atoms with E-state index in [1.807, 2.05) is 6.08 Å². The van der Waals surface area contributed by atoms with E-state index in [2.05, 4.69) is 113 Å². The topological polar surface area (TPSA) is 54.4 Å². The molecule has 4 aromatic carbocycles. The normalized spacial score (nSPS) is 13.0. The maximum Gasteiger partial charge on any atom is 0.331 e. The molecule has 0 fully saturated rings. The van der Waals surface area contributed by atoms with Gasteiger partial charge in [-0.2, -0.15) is 8.42 Å². The molecule has 0 spiro atoms. The molecule has 5 rings (SSSR count). The van der Waals surface area contributed by atoms with Gasteiger partial charge in [-0.1, -0.05) is 88.4 Å². The molecular weight excluding hydrogens is 573 g/mol. The average molecular weight is 616 g/mol. The first kappa shape index (κ1) is 32.3. The van der Waals surface area contributed by atoms with Crippen molar-refractivity contribution < 1.29 is 13.0 Å². The molecule has 0 amide bonds. The van der Waals surface area contributed by atoms with Crippen LogP contribution >= 0.6 is 0 Å². The minimum Gasteiger partial charge on any atom is -0.274 e. The van der Waals surface area contributed by atoms with Crippen LogP contribution in [0, 0.1) is 5.25 Å². The lowest BCUT2D eigenvalue weighted by atomic mass is 9.87. The molecule has 4 aromatic rings. The van der Waals surface area contributed by atoms with Gasteiger partial charge < -0.3 is 0 Å². The van der Waals surface area contributed by atoms with Gasteiger partial charge in [-0.05, 0) is 107 Å². The molecular formula is C41H43O3S+.